The van der Waals surface area contributed by atoms with E-state index in [1.54, 1.807) is 0 Å². The van der Waals surface area contributed by atoms with E-state index in [9.17, 15) is 13.6 Å². The SMILES string of the molecule is O=C1CC(c2noc(-c3ccccc3)n2)CN1c1ccc(F)c(F)c1. The molecule has 0 saturated carbocycles. The fourth-order valence-corrected chi connectivity index (χ4v) is 2.88. The molecule has 0 radical (unpaired) electrons. The van der Waals surface area contributed by atoms with E-state index in [2.05, 4.69) is 10.1 Å². The predicted octanol–water partition coefficient (Wildman–Crippen LogP) is 3.54. The summed E-state index contributed by atoms with van der Waals surface area (Å²) in [7, 11) is 0. The van der Waals surface area contributed by atoms with E-state index in [0.717, 1.165) is 17.7 Å². The Morgan fingerprint density at radius 3 is 2.64 bits per heavy atom. The molecule has 2 heterocycles. The van der Waals surface area contributed by atoms with Gasteiger partial charge in [-0.2, -0.15) is 4.98 Å². The molecule has 1 aliphatic rings. The van der Waals surface area contributed by atoms with Crippen molar-refractivity contribution < 1.29 is 18.1 Å². The van der Waals surface area contributed by atoms with Crippen LogP contribution in [0.4, 0.5) is 14.5 Å². The monoisotopic (exact) mass is 341 g/mol. The van der Waals surface area contributed by atoms with Crippen LogP contribution in [0.15, 0.2) is 53.1 Å². The van der Waals surface area contributed by atoms with Crippen LogP contribution in [0, 0.1) is 11.6 Å². The molecule has 2 aromatic carbocycles. The Bertz CT molecular complexity index is 927. The van der Waals surface area contributed by atoms with Gasteiger partial charge in [-0.05, 0) is 24.3 Å². The van der Waals surface area contributed by atoms with Crippen molar-refractivity contribution in [1.82, 2.24) is 10.1 Å². The van der Waals surface area contributed by atoms with Gasteiger partial charge < -0.3 is 9.42 Å². The van der Waals surface area contributed by atoms with Crippen molar-refractivity contribution in [2.24, 2.45) is 0 Å². The van der Waals surface area contributed by atoms with Gasteiger partial charge in [0.1, 0.15) is 0 Å². The molecule has 1 saturated heterocycles. The van der Waals surface area contributed by atoms with E-state index in [1.165, 1.54) is 11.0 Å². The third-order valence-corrected chi connectivity index (χ3v) is 4.17. The minimum Gasteiger partial charge on any atom is -0.334 e. The summed E-state index contributed by atoms with van der Waals surface area (Å²) in [5.74, 6) is -1.58. The highest BCUT2D eigenvalue weighted by Gasteiger charge is 2.35. The zero-order valence-corrected chi connectivity index (χ0v) is 13.0. The van der Waals surface area contributed by atoms with Crippen molar-refractivity contribution >= 4 is 11.6 Å². The van der Waals surface area contributed by atoms with Gasteiger partial charge in [0.25, 0.3) is 5.89 Å². The van der Waals surface area contributed by atoms with E-state index < -0.39 is 11.6 Å². The van der Waals surface area contributed by atoms with E-state index in [4.69, 9.17) is 4.52 Å². The Morgan fingerprint density at radius 2 is 1.88 bits per heavy atom. The van der Waals surface area contributed by atoms with Crippen molar-refractivity contribution in [3.63, 3.8) is 0 Å². The zero-order valence-electron chi connectivity index (χ0n) is 13.0. The first-order chi connectivity index (χ1) is 12.1. The molecule has 1 unspecified atom stereocenters. The zero-order chi connectivity index (χ0) is 17.4. The standard InChI is InChI=1S/C18H13F2N3O2/c19-14-7-6-13(9-15(14)20)23-10-12(8-16(23)24)17-21-18(25-22-17)11-4-2-1-3-5-11/h1-7,9,12H,8,10H2. The Balaban J connectivity index is 1.56. The van der Waals surface area contributed by atoms with Gasteiger partial charge in [-0.15, -0.1) is 0 Å². The molecule has 0 spiro atoms. The number of anilines is 1. The molecule has 7 heteroatoms. The Morgan fingerprint density at radius 1 is 1.08 bits per heavy atom. The molecule has 1 aliphatic heterocycles. The lowest BCUT2D eigenvalue weighted by molar-refractivity contribution is -0.117. The van der Waals surface area contributed by atoms with E-state index >= 15 is 0 Å². The molecule has 126 valence electrons. The molecule has 3 aromatic rings. The fourth-order valence-electron chi connectivity index (χ4n) is 2.88. The van der Waals surface area contributed by atoms with Crippen LogP contribution in [0.3, 0.4) is 0 Å². The molecule has 25 heavy (non-hydrogen) atoms. The van der Waals surface area contributed by atoms with Gasteiger partial charge in [0.05, 0.1) is 0 Å². The minimum atomic E-state index is -0.986. The van der Waals surface area contributed by atoms with Crippen molar-refractivity contribution in [2.75, 3.05) is 11.4 Å². The van der Waals surface area contributed by atoms with Gasteiger partial charge in [0.2, 0.25) is 5.91 Å². The highest BCUT2D eigenvalue weighted by molar-refractivity contribution is 5.96. The van der Waals surface area contributed by atoms with E-state index in [0.29, 0.717) is 17.4 Å². The lowest BCUT2D eigenvalue weighted by atomic mass is 10.1. The van der Waals surface area contributed by atoms with Crippen LogP contribution < -0.4 is 4.90 Å². The Hall–Kier alpha value is -3.09. The van der Waals surface area contributed by atoms with Crippen molar-refractivity contribution in [1.29, 1.82) is 0 Å². The topological polar surface area (TPSA) is 59.2 Å². The first-order valence-electron chi connectivity index (χ1n) is 7.76. The molecule has 1 aromatic heterocycles. The van der Waals surface area contributed by atoms with Gasteiger partial charge >= 0.3 is 0 Å². The van der Waals surface area contributed by atoms with Gasteiger partial charge in [-0.1, -0.05) is 23.4 Å². The average molecular weight is 341 g/mol. The summed E-state index contributed by atoms with van der Waals surface area (Å²) in [6, 6.07) is 12.7. The maximum atomic E-state index is 13.4. The van der Waals surface area contributed by atoms with Crippen molar-refractivity contribution in [3.8, 4) is 11.5 Å². The first-order valence-corrected chi connectivity index (χ1v) is 7.76. The van der Waals surface area contributed by atoms with Gasteiger partial charge in [0, 0.05) is 36.2 Å². The predicted molar refractivity (Wildman–Crippen MR) is 85.8 cm³/mol. The van der Waals surface area contributed by atoms with Crippen LogP contribution in [0.25, 0.3) is 11.5 Å². The highest BCUT2D eigenvalue weighted by Crippen LogP contribution is 2.32. The number of carbonyl (C=O) groups excluding carboxylic acids is 1. The number of carbonyl (C=O) groups is 1. The number of benzene rings is 2. The molecular formula is C18H13F2N3O2. The number of rotatable bonds is 3. The summed E-state index contributed by atoms with van der Waals surface area (Å²) in [4.78, 5) is 18.0. The number of hydrogen-bond donors (Lipinski definition) is 0. The maximum Gasteiger partial charge on any atom is 0.257 e. The number of hydrogen-bond acceptors (Lipinski definition) is 4. The second-order valence-electron chi connectivity index (χ2n) is 5.83. The second-order valence-corrected chi connectivity index (χ2v) is 5.83. The van der Waals surface area contributed by atoms with Gasteiger partial charge in [-0.25, -0.2) is 8.78 Å². The molecule has 0 N–H and O–H groups in total. The number of aromatic nitrogens is 2. The molecule has 1 fully saturated rings. The number of amides is 1. The van der Waals surface area contributed by atoms with Crippen molar-refractivity contribution in [3.05, 3.63) is 66.0 Å². The average Bonchev–Trinajstić information content (AvgIpc) is 3.25. The Kier molecular flexibility index (Phi) is 3.76. The lowest BCUT2D eigenvalue weighted by Crippen LogP contribution is -2.24. The third-order valence-electron chi connectivity index (χ3n) is 4.17. The largest absolute Gasteiger partial charge is 0.334 e. The van der Waals surface area contributed by atoms with Crippen LogP contribution in [-0.4, -0.2) is 22.6 Å². The summed E-state index contributed by atoms with van der Waals surface area (Å²) in [6.45, 7) is 0.289. The smallest absolute Gasteiger partial charge is 0.257 e. The molecule has 1 atom stereocenters. The molecule has 4 rings (SSSR count). The van der Waals surface area contributed by atoms with Crippen LogP contribution in [0.5, 0.6) is 0 Å². The normalized spacial score (nSPS) is 17.3. The van der Waals surface area contributed by atoms with E-state index in [-0.39, 0.29) is 24.8 Å². The fraction of sp³-hybridized carbons (Fsp3) is 0.167. The summed E-state index contributed by atoms with van der Waals surface area (Å²) < 4.78 is 31.8. The molecule has 5 nitrogen and oxygen atoms in total. The molecule has 1 amide bonds. The van der Waals surface area contributed by atoms with Crippen molar-refractivity contribution in [2.45, 2.75) is 12.3 Å². The molecule has 0 aliphatic carbocycles. The van der Waals surface area contributed by atoms with Gasteiger partial charge in [-0.3, -0.25) is 4.79 Å². The summed E-state index contributed by atoms with van der Waals surface area (Å²) in [6.07, 6.45) is 0.187. The third kappa shape index (κ3) is 2.88. The van der Waals surface area contributed by atoms with Crippen LogP contribution >= 0.6 is 0 Å². The molecule has 0 bridgehead atoms. The van der Waals surface area contributed by atoms with Crippen LogP contribution in [-0.2, 0) is 4.79 Å². The highest BCUT2D eigenvalue weighted by atomic mass is 19.2. The molecular weight excluding hydrogens is 328 g/mol. The first kappa shape index (κ1) is 15.4. The summed E-state index contributed by atoms with van der Waals surface area (Å²) in [5, 5.41) is 3.97. The summed E-state index contributed by atoms with van der Waals surface area (Å²) >= 11 is 0. The number of nitrogens with zero attached hydrogens (tertiary/aromatic N) is 3. The summed E-state index contributed by atoms with van der Waals surface area (Å²) in [5.41, 5.74) is 1.11. The minimum absolute atomic E-state index is 0.187. The quantitative estimate of drug-likeness (QED) is 0.731. The second kappa shape index (κ2) is 6.08. The van der Waals surface area contributed by atoms with E-state index in [1.807, 2.05) is 30.3 Å². The number of halogens is 2. The van der Waals surface area contributed by atoms with Gasteiger partial charge in [0.15, 0.2) is 17.5 Å². The lowest BCUT2D eigenvalue weighted by Gasteiger charge is -2.16. The Labute approximate surface area is 141 Å². The van der Waals surface area contributed by atoms with Crippen LogP contribution in [0.2, 0.25) is 0 Å². The maximum absolute atomic E-state index is 13.4. The van der Waals surface area contributed by atoms with Crippen LogP contribution in [0.1, 0.15) is 18.2 Å².